The number of rotatable bonds is 7. The molecule has 0 aliphatic heterocycles. The van der Waals surface area contributed by atoms with Crippen molar-refractivity contribution in [3.63, 3.8) is 0 Å². The molecule has 5 N–H and O–H groups in total. The first-order chi connectivity index (χ1) is 6.74. The molecule has 0 amide bonds. The Hall–Kier alpha value is -0.140. The molecular weight excluding hydrogens is 216 g/mol. The van der Waals surface area contributed by atoms with Gasteiger partial charge in [0.05, 0.1) is 9.80 Å². The summed E-state index contributed by atoms with van der Waals surface area (Å²) in [5.41, 5.74) is 5.70. The lowest BCUT2D eigenvalue weighted by atomic mass is 10.0. The average Bonchev–Trinajstić information content (AvgIpc) is 2.09. The van der Waals surface area contributed by atoms with Gasteiger partial charge in [0.1, 0.15) is 6.23 Å². The van der Waals surface area contributed by atoms with Crippen molar-refractivity contribution in [1.82, 2.24) is 5.32 Å². The van der Waals surface area contributed by atoms with Gasteiger partial charge in [-0.1, -0.05) is 13.8 Å². The van der Waals surface area contributed by atoms with Crippen molar-refractivity contribution in [3.05, 3.63) is 0 Å². The lowest BCUT2D eigenvalue weighted by molar-refractivity contribution is 0.0918. The predicted octanol–water partition coefficient (Wildman–Crippen LogP) is -0.543. The molecule has 0 aromatic carbocycles. The van der Waals surface area contributed by atoms with Crippen molar-refractivity contribution in [1.29, 1.82) is 0 Å². The van der Waals surface area contributed by atoms with E-state index in [1.54, 1.807) is 0 Å². The molecule has 0 aliphatic carbocycles. The summed E-state index contributed by atoms with van der Waals surface area (Å²) in [4.78, 5) is 0. The fourth-order valence-electron chi connectivity index (χ4n) is 1.05. The van der Waals surface area contributed by atoms with Crippen LogP contribution >= 0.6 is 0 Å². The maximum absolute atomic E-state index is 10.8. The van der Waals surface area contributed by atoms with E-state index in [1.165, 1.54) is 0 Å². The van der Waals surface area contributed by atoms with E-state index in [2.05, 4.69) is 11.2 Å². The van der Waals surface area contributed by atoms with Gasteiger partial charge in [-0.25, -0.2) is 4.21 Å². The molecule has 6 heteroatoms. The summed E-state index contributed by atoms with van der Waals surface area (Å²) in [6.07, 6.45) is -0.287. The minimum atomic E-state index is -2.91. The first-order valence-electron chi connectivity index (χ1n) is 4.98. The van der Waals surface area contributed by atoms with Crippen molar-refractivity contribution >= 4 is 15.7 Å². The molecule has 0 spiro atoms. The van der Waals surface area contributed by atoms with Crippen LogP contribution in [0.15, 0.2) is 0 Å². The van der Waals surface area contributed by atoms with Crippen molar-refractivity contribution in [2.75, 3.05) is 12.3 Å². The third kappa shape index (κ3) is 7.75. The maximum Gasteiger partial charge on any atom is 0.120 e. The van der Waals surface area contributed by atoms with Gasteiger partial charge in [-0.05, 0) is 24.8 Å². The van der Waals surface area contributed by atoms with Gasteiger partial charge in [-0.3, -0.25) is 5.32 Å². The Balaban J connectivity index is 3.69. The molecule has 92 valence electrons. The fourth-order valence-corrected chi connectivity index (χ4v) is 1.64. The largest absolute Gasteiger partial charge is 0.377 e. The van der Waals surface area contributed by atoms with E-state index in [4.69, 9.17) is 10.3 Å². The molecular formula is C9H22N2O3S. The number of hydrogen-bond donors (Lipinski definition) is 4. The summed E-state index contributed by atoms with van der Waals surface area (Å²) < 4.78 is 19.7. The Morgan fingerprint density at radius 1 is 1.53 bits per heavy atom. The van der Waals surface area contributed by atoms with Crippen molar-refractivity contribution in [3.8, 4) is 0 Å². The minimum absolute atomic E-state index is 0.129. The lowest BCUT2D eigenvalue weighted by Gasteiger charge is -2.23. The van der Waals surface area contributed by atoms with Crippen LogP contribution in [0.5, 0.6) is 0 Å². The standard InChI is InChI=1S/C9H22N2O3S/c1-7(2)8(10)9(12)11-5-4-6-15(3,13)14/h7-9,11-12H,3-6,10H2,1-2H3,(H,13,14)/t8-,9?/m0/s1. The van der Waals surface area contributed by atoms with Crippen LogP contribution in [0.3, 0.4) is 0 Å². The molecule has 0 rings (SSSR count). The van der Waals surface area contributed by atoms with Crippen molar-refractivity contribution in [2.24, 2.45) is 11.7 Å². The van der Waals surface area contributed by atoms with Crippen LogP contribution in [0.2, 0.25) is 0 Å². The molecule has 0 saturated heterocycles. The fraction of sp³-hybridized carbons (Fsp3) is 0.889. The van der Waals surface area contributed by atoms with Gasteiger partial charge in [0, 0.05) is 11.8 Å². The number of hydrogen-bond acceptors (Lipinski definition) is 4. The molecule has 0 bridgehead atoms. The second kappa shape index (κ2) is 6.44. The minimum Gasteiger partial charge on any atom is -0.377 e. The summed E-state index contributed by atoms with van der Waals surface area (Å²) in [7, 11) is -2.91. The van der Waals surface area contributed by atoms with Crippen LogP contribution in [0.25, 0.3) is 0 Å². The van der Waals surface area contributed by atoms with Crippen LogP contribution < -0.4 is 11.1 Å². The Bertz CT molecular complexity index is 265. The lowest BCUT2D eigenvalue weighted by Crippen LogP contribution is -2.48. The molecule has 3 atom stereocenters. The van der Waals surface area contributed by atoms with Gasteiger partial charge in [0.25, 0.3) is 0 Å². The third-order valence-electron chi connectivity index (χ3n) is 2.13. The quantitative estimate of drug-likeness (QED) is 0.271. The van der Waals surface area contributed by atoms with E-state index in [1.807, 2.05) is 13.8 Å². The molecule has 0 aromatic heterocycles. The zero-order valence-electron chi connectivity index (χ0n) is 9.35. The van der Waals surface area contributed by atoms with Gasteiger partial charge in [0.2, 0.25) is 0 Å². The van der Waals surface area contributed by atoms with E-state index in [-0.39, 0.29) is 17.7 Å². The van der Waals surface area contributed by atoms with E-state index in [9.17, 15) is 9.32 Å². The van der Waals surface area contributed by atoms with Gasteiger partial charge in [0.15, 0.2) is 0 Å². The first kappa shape index (κ1) is 14.9. The smallest absolute Gasteiger partial charge is 0.120 e. The molecule has 0 saturated carbocycles. The highest BCUT2D eigenvalue weighted by Crippen LogP contribution is 2.01. The first-order valence-corrected chi connectivity index (χ1v) is 6.83. The van der Waals surface area contributed by atoms with E-state index in [0.717, 1.165) is 0 Å². The summed E-state index contributed by atoms with van der Waals surface area (Å²) >= 11 is 0. The molecule has 0 aromatic rings. The monoisotopic (exact) mass is 238 g/mol. The van der Waals surface area contributed by atoms with E-state index in [0.29, 0.717) is 13.0 Å². The van der Waals surface area contributed by atoms with Crippen molar-refractivity contribution in [2.45, 2.75) is 32.5 Å². The zero-order chi connectivity index (χ0) is 12.1. The second-order valence-electron chi connectivity index (χ2n) is 4.05. The summed E-state index contributed by atoms with van der Waals surface area (Å²) in [5, 5.41) is 12.3. The molecule has 5 nitrogen and oxygen atoms in total. The SMILES string of the molecule is C=S(=O)(O)CCCNC(O)[C@@H](N)C(C)C. The highest BCUT2D eigenvalue weighted by atomic mass is 32.2. The van der Waals surface area contributed by atoms with Gasteiger partial charge in [-0.15, -0.1) is 0 Å². The summed E-state index contributed by atoms with van der Waals surface area (Å²) in [5.74, 6) is 3.43. The number of aliphatic hydroxyl groups is 1. The molecule has 0 heterocycles. The predicted molar refractivity (Wildman–Crippen MR) is 64.2 cm³/mol. The van der Waals surface area contributed by atoms with Crippen LogP contribution in [-0.4, -0.2) is 44.3 Å². The third-order valence-corrected chi connectivity index (χ3v) is 3.05. The Morgan fingerprint density at radius 2 is 2.07 bits per heavy atom. The van der Waals surface area contributed by atoms with Crippen LogP contribution in [0.4, 0.5) is 0 Å². The maximum atomic E-state index is 10.8. The van der Waals surface area contributed by atoms with Gasteiger partial charge >= 0.3 is 0 Å². The van der Waals surface area contributed by atoms with Crippen LogP contribution in [0.1, 0.15) is 20.3 Å². The van der Waals surface area contributed by atoms with Crippen LogP contribution in [0, 0.1) is 5.92 Å². The molecule has 15 heavy (non-hydrogen) atoms. The van der Waals surface area contributed by atoms with Gasteiger partial charge < -0.3 is 15.4 Å². The van der Waals surface area contributed by atoms with E-state index >= 15 is 0 Å². The summed E-state index contributed by atoms with van der Waals surface area (Å²) in [6, 6.07) is -0.330. The number of aliphatic hydroxyl groups excluding tert-OH is 1. The zero-order valence-corrected chi connectivity index (χ0v) is 10.2. The topological polar surface area (TPSA) is 95.6 Å². The molecule has 0 fully saturated rings. The second-order valence-corrected chi connectivity index (χ2v) is 6.00. The van der Waals surface area contributed by atoms with Crippen LogP contribution in [-0.2, 0) is 9.80 Å². The Morgan fingerprint density at radius 3 is 2.47 bits per heavy atom. The van der Waals surface area contributed by atoms with Gasteiger partial charge in [-0.2, -0.15) is 0 Å². The number of nitrogens with two attached hydrogens (primary N) is 1. The highest BCUT2D eigenvalue weighted by Gasteiger charge is 2.16. The normalized spacial score (nSPS) is 19.9. The number of nitrogens with one attached hydrogen (secondary N) is 1. The highest BCUT2D eigenvalue weighted by molar-refractivity contribution is 7.95. The Labute approximate surface area is 91.9 Å². The van der Waals surface area contributed by atoms with Crippen molar-refractivity contribution < 1.29 is 13.9 Å². The molecule has 2 unspecified atom stereocenters. The molecule has 0 radical (unpaired) electrons. The Kier molecular flexibility index (Phi) is 6.38. The average molecular weight is 238 g/mol. The summed E-state index contributed by atoms with van der Waals surface area (Å²) in [6.45, 7) is 4.30. The van der Waals surface area contributed by atoms with E-state index < -0.39 is 16.0 Å². The molecule has 0 aliphatic rings.